The van der Waals surface area contributed by atoms with Crippen LogP contribution in [0.1, 0.15) is 20.8 Å². The maximum absolute atomic E-state index is 12.8. The van der Waals surface area contributed by atoms with Crippen LogP contribution in [0.4, 0.5) is 0 Å². The second-order valence-electron chi connectivity index (χ2n) is 6.62. The smallest absolute Gasteiger partial charge is 0.150 e. The van der Waals surface area contributed by atoms with E-state index in [0.717, 1.165) is 39.3 Å². The van der Waals surface area contributed by atoms with Crippen LogP contribution in [0, 0.1) is 16.7 Å². The van der Waals surface area contributed by atoms with Crippen LogP contribution >= 0.6 is 0 Å². The molecule has 4 aliphatic rings. The molecule has 2 atom stereocenters. The van der Waals surface area contributed by atoms with Crippen molar-refractivity contribution in [1.82, 2.24) is 9.80 Å². The zero-order valence-corrected chi connectivity index (χ0v) is 10.6. The number of ketones is 1. The van der Waals surface area contributed by atoms with Crippen LogP contribution in [0.5, 0.6) is 0 Å². The molecule has 4 heterocycles. The van der Waals surface area contributed by atoms with E-state index >= 15 is 0 Å². The van der Waals surface area contributed by atoms with E-state index in [1.54, 1.807) is 0 Å². The Morgan fingerprint density at radius 1 is 1.06 bits per heavy atom. The molecular weight excluding hydrogens is 200 g/mol. The van der Waals surface area contributed by atoms with Gasteiger partial charge in [0.1, 0.15) is 5.78 Å². The van der Waals surface area contributed by atoms with Gasteiger partial charge in [0.15, 0.2) is 0 Å². The van der Waals surface area contributed by atoms with Crippen LogP contribution in [0.3, 0.4) is 0 Å². The van der Waals surface area contributed by atoms with Gasteiger partial charge in [-0.25, -0.2) is 0 Å². The molecule has 3 heteroatoms. The molecule has 0 aromatic carbocycles. The highest BCUT2D eigenvalue weighted by molar-refractivity contribution is 5.93. The highest BCUT2D eigenvalue weighted by Crippen LogP contribution is 2.47. The van der Waals surface area contributed by atoms with E-state index in [0.29, 0.717) is 11.7 Å². The fourth-order valence-electron chi connectivity index (χ4n) is 4.11. The van der Waals surface area contributed by atoms with Crippen molar-refractivity contribution in [1.29, 1.82) is 0 Å². The highest BCUT2D eigenvalue weighted by Gasteiger charge is 2.60. The lowest BCUT2D eigenvalue weighted by atomic mass is 9.59. The predicted molar refractivity (Wildman–Crippen MR) is 63.3 cm³/mol. The van der Waals surface area contributed by atoms with E-state index in [2.05, 4.69) is 30.6 Å². The molecule has 0 aliphatic carbocycles. The first kappa shape index (κ1) is 10.7. The Morgan fingerprint density at radius 2 is 1.56 bits per heavy atom. The van der Waals surface area contributed by atoms with Crippen molar-refractivity contribution in [3.8, 4) is 0 Å². The van der Waals surface area contributed by atoms with E-state index in [4.69, 9.17) is 0 Å². The summed E-state index contributed by atoms with van der Waals surface area (Å²) in [5, 5.41) is 0. The third kappa shape index (κ3) is 1.19. The van der Waals surface area contributed by atoms with Crippen LogP contribution in [-0.4, -0.2) is 54.9 Å². The van der Waals surface area contributed by atoms with Crippen molar-refractivity contribution in [3.63, 3.8) is 0 Å². The number of piperidine rings is 2. The topological polar surface area (TPSA) is 23.6 Å². The third-order valence-electron chi connectivity index (χ3n) is 4.99. The quantitative estimate of drug-likeness (QED) is 0.657. The molecule has 4 fully saturated rings. The third-order valence-corrected chi connectivity index (χ3v) is 4.99. The Morgan fingerprint density at radius 3 is 2.00 bits per heavy atom. The summed E-state index contributed by atoms with van der Waals surface area (Å²) in [4.78, 5) is 17.8. The molecule has 16 heavy (non-hydrogen) atoms. The second kappa shape index (κ2) is 3.08. The van der Waals surface area contributed by atoms with Crippen molar-refractivity contribution >= 4 is 5.78 Å². The standard InChI is InChI=1S/C13H22N2O/c1-10(2)13-8-14-4-5-15(9-13)7-12(3,6-14)11(13)16/h10H,4-9H2,1-3H3. The predicted octanol–water partition coefficient (Wildman–Crippen LogP) is 0.849. The van der Waals surface area contributed by atoms with Crippen LogP contribution in [-0.2, 0) is 4.79 Å². The van der Waals surface area contributed by atoms with Crippen molar-refractivity contribution in [2.75, 3.05) is 39.3 Å². The van der Waals surface area contributed by atoms with Gasteiger partial charge in [0.2, 0.25) is 0 Å². The minimum atomic E-state index is -0.0999. The normalized spacial score (nSPS) is 51.1. The summed E-state index contributed by atoms with van der Waals surface area (Å²) in [5.74, 6) is 1.01. The number of rotatable bonds is 1. The number of nitrogens with zero attached hydrogens (tertiary/aromatic N) is 2. The lowest BCUT2D eigenvalue weighted by molar-refractivity contribution is -0.158. The molecule has 0 aromatic rings. The van der Waals surface area contributed by atoms with E-state index in [1.165, 1.54) is 0 Å². The lowest BCUT2D eigenvalue weighted by Gasteiger charge is -2.55. The molecule has 0 aromatic heterocycles. The Hall–Kier alpha value is -0.410. The molecule has 4 bridgehead atoms. The molecule has 4 saturated heterocycles. The minimum absolute atomic E-state index is 0.0816. The largest absolute Gasteiger partial charge is 0.300 e. The van der Waals surface area contributed by atoms with E-state index in [9.17, 15) is 4.79 Å². The maximum atomic E-state index is 12.8. The number of fused-ring (bicyclic) bond motifs is 1. The first-order valence-electron chi connectivity index (χ1n) is 6.46. The van der Waals surface area contributed by atoms with Crippen molar-refractivity contribution in [2.45, 2.75) is 20.8 Å². The average Bonchev–Trinajstić information content (AvgIpc) is 2.41. The zero-order valence-electron chi connectivity index (χ0n) is 10.6. The number of carbonyl (C=O) groups excluding carboxylic acids is 1. The van der Waals surface area contributed by atoms with Crippen LogP contribution in [0.25, 0.3) is 0 Å². The summed E-state index contributed by atoms with van der Waals surface area (Å²) in [6.07, 6.45) is 0. The first-order valence-corrected chi connectivity index (χ1v) is 6.46. The van der Waals surface area contributed by atoms with Crippen molar-refractivity contribution in [3.05, 3.63) is 0 Å². The van der Waals surface area contributed by atoms with Crippen LogP contribution < -0.4 is 0 Å². The molecule has 0 radical (unpaired) electrons. The lowest BCUT2D eigenvalue weighted by Crippen LogP contribution is -2.67. The van der Waals surface area contributed by atoms with Gasteiger partial charge in [-0.2, -0.15) is 0 Å². The molecule has 4 aliphatic heterocycles. The van der Waals surface area contributed by atoms with E-state index in [1.807, 2.05) is 0 Å². The fraction of sp³-hybridized carbons (Fsp3) is 0.923. The SMILES string of the molecule is CC(C)C12CN3CCN(CC(C)(C3)C1=O)C2. The molecule has 2 unspecified atom stereocenters. The average molecular weight is 222 g/mol. The van der Waals surface area contributed by atoms with Crippen LogP contribution in [0.2, 0.25) is 0 Å². The number of Topliss-reactive ketones (excluding diaryl/α,β-unsaturated/α-hetero) is 1. The Bertz CT molecular complexity index is 321. The first-order chi connectivity index (χ1) is 7.46. The summed E-state index contributed by atoms with van der Waals surface area (Å²) < 4.78 is 0. The molecule has 3 nitrogen and oxygen atoms in total. The van der Waals surface area contributed by atoms with Gasteiger partial charge in [0.05, 0.1) is 10.8 Å². The summed E-state index contributed by atoms with van der Waals surface area (Å²) in [6.45, 7) is 12.9. The van der Waals surface area contributed by atoms with Gasteiger partial charge >= 0.3 is 0 Å². The van der Waals surface area contributed by atoms with Gasteiger partial charge in [0, 0.05) is 39.3 Å². The molecule has 0 amide bonds. The second-order valence-corrected chi connectivity index (χ2v) is 6.62. The molecule has 0 spiro atoms. The Kier molecular flexibility index (Phi) is 2.06. The monoisotopic (exact) mass is 222 g/mol. The number of hydrogen-bond donors (Lipinski definition) is 0. The van der Waals surface area contributed by atoms with E-state index < -0.39 is 0 Å². The maximum Gasteiger partial charge on any atom is 0.150 e. The summed E-state index contributed by atoms with van der Waals surface area (Å²) >= 11 is 0. The molecule has 0 saturated carbocycles. The van der Waals surface area contributed by atoms with Gasteiger partial charge in [-0.15, -0.1) is 0 Å². The molecule has 0 N–H and O–H groups in total. The van der Waals surface area contributed by atoms with Gasteiger partial charge < -0.3 is 0 Å². The highest BCUT2D eigenvalue weighted by atomic mass is 16.1. The molecule has 4 rings (SSSR count). The molecular formula is C13H22N2O. The van der Waals surface area contributed by atoms with Crippen molar-refractivity contribution < 1.29 is 4.79 Å². The van der Waals surface area contributed by atoms with Gasteiger partial charge in [-0.3, -0.25) is 14.6 Å². The summed E-state index contributed by atoms with van der Waals surface area (Å²) in [7, 11) is 0. The van der Waals surface area contributed by atoms with Crippen LogP contribution in [0.15, 0.2) is 0 Å². The van der Waals surface area contributed by atoms with Gasteiger partial charge in [0.25, 0.3) is 0 Å². The van der Waals surface area contributed by atoms with Crippen molar-refractivity contribution in [2.24, 2.45) is 16.7 Å². The van der Waals surface area contributed by atoms with E-state index in [-0.39, 0.29) is 10.8 Å². The molecule has 90 valence electrons. The fourth-order valence-corrected chi connectivity index (χ4v) is 4.11. The number of hydrogen-bond acceptors (Lipinski definition) is 3. The van der Waals surface area contributed by atoms with Gasteiger partial charge in [-0.1, -0.05) is 20.8 Å². The summed E-state index contributed by atoms with van der Waals surface area (Å²) in [5.41, 5.74) is -0.182. The van der Waals surface area contributed by atoms with Gasteiger partial charge in [-0.05, 0) is 5.92 Å². The Labute approximate surface area is 97.8 Å². The summed E-state index contributed by atoms with van der Waals surface area (Å²) in [6, 6.07) is 0. The zero-order chi connectivity index (χ0) is 11.6. The minimum Gasteiger partial charge on any atom is -0.300 e. The Balaban J connectivity index is 2.09. The number of carbonyl (C=O) groups is 1.